The summed E-state index contributed by atoms with van der Waals surface area (Å²) in [4.78, 5) is 21.0. The van der Waals surface area contributed by atoms with Crippen molar-refractivity contribution < 1.29 is 9.53 Å². The summed E-state index contributed by atoms with van der Waals surface area (Å²) in [6.45, 7) is 4.28. The molecule has 0 saturated carbocycles. The fourth-order valence-electron chi connectivity index (χ4n) is 3.80. The molecule has 0 radical (unpaired) electrons. The van der Waals surface area contributed by atoms with Crippen LogP contribution in [0.25, 0.3) is 5.69 Å². The van der Waals surface area contributed by atoms with E-state index in [9.17, 15) is 4.79 Å². The predicted molar refractivity (Wildman–Crippen MR) is 126 cm³/mol. The van der Waals surface area contributed by atoms with Crippen molar-refractivity contribution in [2.24, 2.45) is 4.99 Å². The highest BCUT2D eigenvalue weighted by atomic mass is 127. The molecule has 1 aromatic heterocycles. The van der Waals surface area contributed by atoms with Crippen LogP contribution >= 0.6 is 24.0 Å². The van der Waals surface area contributed by atoms with E-state index in [1.165, 1.54) is 0 Å². The lowest BCUT2D eigenvalue weighted by atomic mass is 10.2. The Balaban J connectivity index is 0.00000256. The summed E-state index contributed by atoms with van der Waals surface area (Å²) >= 11 is 0. The highest BCUT2D eigenvalue weighted by Gasteiger charge is 2.30. The van der Waals surface area contributed by atoms with E-state index >= 15 is 0 Å². The van der Waals surface area contributed by atoms with Crippen LogP contribution < -0.4 is 5.32 Å². The fourth-order valence-corrected chi connectivity index (χ4v) is 3.80. The molecule has 4 rings (SSSR count). The lowest BCUT2D eigenvalue weighted by molar-refractivity contribution is -0.142. The molecule has 8 nitrogen and oxygen atoms in total. The molecule has 1 N–H and O–H groups in total. The van der Waals surface area contributed by atoms with Crippen LogP contribution in [0.15, 0.2) is 47.7 Å². The van der Waals surface area contributed by atoms with Crippen molar-refractivity contribution in [1.82, 2.24) is 24.9 Å². The molecule has 2 fully saturated rings. The van der Waals surface area contributed by atoms with E-state index in [0.29, 0.717) is 26.2 Å². The second kappa shape index (κ2) is 10.8. The van der Waals surface area contributed by atoms with Gasteiger partial charge in [-0.2, -0.15) is 5.10 Å². The van der Waals surface area contributed by atoms with Crippen molar-refractivity contribution in [2.45, 2.75) is 25.5 Å². The number of para-hydroxylation sites is 1. The summed E-state index contributed by atoms with van der Waals surface area (Å²) in [6.07, 6.45) is 5.48. The zero-order valence-electron chi connectivity index (χ0n) is 17.2. The van der Waals surface area contributed by atoms with Gasteiger partial charge in [-0.1, -0.05) is 18.2 Å². The lowest BCUT2D eigenvalue weighted by Crippen LogP contribution is -2.55. The number of carbonyl (C=O) groups excluding carboxylic acids is 1. The quantitative estimate of drug-likeness (QED) is 0.376. The van der Waals surface area contributed by atoms with Gasteiger partial charge in [0.1, 0.15) is 6.10 Å². The SMILES string of the molecule is CN=C(NCc1cnn(-c2ccccc2)c1)N1CCN(C(=O)C2CCCO2)CC1.I. The maximum Gasteiger partial charge on any atom is 0.251 e. The van der Waals surface area contributed by atoms with Crippen LogP contribution in [-0.2, 0) is 16.1 Å². The molecular formula is C21H29IN6O2. The number of nitrogens with zero attached hydrogens (tertiary/aromatic N) is 5. The average molecular weight is 524 g/mol. The van der Waals surface area contributed by atoms with E-state index < -0.39 is 0 Å². The molecule has 0 aliphatic carbocycles. The van der Waals surface area contributed by atoms with Gasteiger partial charge in [-0.05, 0) is 25.0 Å². The first-order valence-corrected chi connectivity index (χ1v) is 10.2. The third kappa shape index (κ3) is 5.31. The second-order valence-electron chi connectivity index (χ2n) is 7.34. The van der Waals surface area contributed by atoms with Crippen molar-refractivity contribution in [3.63, 3.8) is 0 Å². The molecule has 1 unspecified atom stereocenters. The zero-order chi connectivity index (χ0) is 20.1. The molecule has 2 saturated heterocycles. The van der Waals surface area contributed by atoms with E-state index in [1.54, 1.807) is 7.05 Å². The number of amides is 1. The summed E-state index contributed by atoms with van der Waals surface area (Å²) in [5.74, 6) is 0.986. The van der Waals surface area contributed by atoms with Gasteiger partial charge in [0, 0.05) is 58.1 Å². The van der Waals surface area contributed by atoms with Crippen molar-refractivity contribution in [1.29, 1.82) is 0 Å². The number of benzene rings is 1. The van der Waals surface area contributed by atoms with Crippen LogP contribution in [0.2, 0.25) is 0 Å². The molecule has 0 bridgehead atoms. The number of piperazine rings is 1. The molecule has 1 aromatic carbocycles. The fraction of sp³-hybridized carbons (Fsp3) is 0.476. The Morgan fingerprint density at radius 1 is 1.20 bits per heavy atom. The minimum Gasteiger partial charge on any atom is -0.368 e. The monoisotopic (exact) mass is 524 g/mol. The molecule has 2 aromatic rings. The van der Waals surface area contributed by atoms with Crippen molar-refractivity contribution in [3.8, 4) is 5.69 Å². The molecule has 1 amide bonds. The Bertz CT molecular complexity index is 842. The number of hydrogen-bond acceptors (Lipinski definition) is 4. The van der Waals surface area contributed by atoms with E-state index in [1.807, 2.05) is 52.3 Å². The van der Waals surface area contributed by atoms with Crippen LogP contribution in [0.1, 0.15) is 18.4 Å². The van der Waals surface area contributed by atoms with Gasteiger partial charge in [-0.25, -0.2) is 4.68 Å². The van der Waals surface area contributed by atoms with Crippen LogP contribution in [0.5, 0.6) is 0 Å². The molecule has 162 valence electrons. The topological polar surface area (TPSA) is 75.0 Å². The molecule has 2 aliphatic heterocycles. The van der Waals surface area contributed by atoms with E-state index in [2.05, 4.69) is 20.3 Å². The first-order valence-electron chi connectivity index (χ1n) is 10.2. The number of ether oxygens (including phenoxy) is 1. The Morgan fingerprint density at radius 3 is 2.60 bits per heavy atom. The average Bonchev–Trinajstić information content (AvgIpc) is 3.47. The van der Waals surface area contributed by atoms with Crippen molar-refractivity contribution >= 4 is 35.8 Å². The summed E-state index contributed by atoms with van der Waals surface area (Å²) in [7, 11) is 1.79. The Hall–Kier alpha value is -2.14. The Kier molecular flexibility index (Phi) is 8.08. The molecule has 9 heteroatoms. The highest BCUT2D eigenvalue weighted by Crippen LogP contribution is 2.16. The smallest absolute Gasteiger partial charge is 0.251 e. The normalized spacial score (nSPS) is 19.5. The summed E-state index contributed by atoms with van der Waals surface area (Å²) in [5.41, 5.74) is 2.12. The van der Waals surface area contributed by atoms with Gasteiger partial charge in [0.2, 0.25) is 0 Å². The standard InChI is InChI=1S/C21H28N6O2.HI/c1-22-21(23-14-17-15-24-27(16-17)18-6-3-2-4-7-18)26-11-9-25(10-12-26)20(28)19-8-5-13-29-19;/h2-4,6-7,15-16,19H,5,8-14H2,1H3,(H,22,23);1H. The van der Waals surface area contributed by atoms with E-state index in [-0.39, 0.29) is 36.0 Å². The number of guanidine groups is 1. The number of aliphatic imine (C=N–C) groups is 1. The highest BCUT2D eigenvalue weighted by molar-refractivity contribution is 14.0. The van der Waals surface area contributed by atoms with E-state index in [0.717, 1.165) is 43.1 Å². The minimum absolute atomic E-state index is 0. The molecule has 2 aliphatic rings. The van der Waals surface area contributed by atoms with Crippen LogP contribution in [0.3, 0.4) is 0 Å². The van der Waals surface area contributed by atoms with Crippen molar-refractivity contribution in [3.05, 3.63) is 48.3 Å². The van der Waals surface area contributed by atoms with Gasteiger partial charge in [0.05, 0.1) is 11.9 Å². The predicted octanol–water partition coefficient (Wildman–Crippen LogP) is 1.89. The molecular weight excluding hydrogens is 495 g/mol. The third-order valence-corrected chi connectivity index (χ3v) is 5.42. The number of aromatic nitrogens is 2. The summed E-state index contributed by atoms with van der Waals surface area (Å²) in [5, 5.41) is 7.85. The first-order chi connectivity index (χ1) is 14.2. The van der Waals surface area contributed by atoms with Gasteiger partial charge in [0.25, 0.3) is 5.91 Å². The number of carbonyl (C=O) groups is 1. The third-order valence-electron chi connectivity index (χ3n) is 5.42. The summed E-state index contributed by atoms with van der Waals surface area (Å²) in [6, 6.07) is 10.1. The number of nitrogens with one attached hydrogen (secondary N) is 1. The Morgan fingerprint density at radius 2 is 1.93 bits per heavy atom. The van der Waals surface area contributed by atoms with Gasteiger partial charge >= 0.3 is 0 Å². The first kappa shape index (κ1) is 22.5. The Labute approximate surface area is 194 Å². The van der Waals surface area contributed by atoms with Crippen LogP contribution in [0, 0.1) is 0 Å². The maximum atomic E-state index is 12.5. The molecule has 0 spiro atoms. The summed E-state index contributed by atoms with van der Waals surface area (Å²) < 4.78 is 7.41. The minimum atomic E-state index is -0.236. The lowest BCUT2D eigenvalue weighted by Gasteiger charge is -2.37. The van der Waals surface area contributed by atoms with Gasteiger partial charge < -0.3 is 19.9 Å². The number of halogens is 1. The largest absolute Gasteiger partial charge is 0.368 e. The molecule has 30 heavy (non-hydrogen) atoms. The van der Waals surface area contributed by atoms with Gasteiger partial charge in [-0.3, -0.25) is 9.79 Å². The number of hydrogen-bond donors (Lipinski definition) is 1. The zero-order valence-corrected chi connectivity index (χ0v) is 19.6. The molecule has 3 heterocycles. The second-order valence-corrected chi connectivity index (χ2v) is 7.34. The number of rotatable bonds is 4. The van der Waals surface area contributed by atoms with Gasteiger partial charge in [0.15, 0.2) is 5.96 Å². The van der Waals surface area contributed by atoms with Crippen LogP contribution in [-0.4, -0.2) is 77.4 Å². The molecule has 1 atom stereocenters. The van der Waals surface area contributed by atoms with Crippen molar-refractivity contribution in [2.75, 3.05) is 39.8 Å². The maximum absolute atomic E-state index is 12.5. The van der Waals surface area contributed by atoms with Crippen LogP contribution in [0.4, 0.5) is 0 Å². The van der Waals surface area contributed by atoms with E-state index in [4.69, 9.17) is 4.74 Å². The van der Waals surface area contributed by atoms with Gasteiger partial charge in [-0.15, -0.1) is 24.0 Å².